The van der Waals surface area contributed by atoms with E-state index in [-0.39, 0.29) is 11.0 Å². The molecule has 158 valence electrons. The largest absolute Gasteiger partial charge is 0.438 e. The van der Waals surface area contributed by atoms with Crippen molar-refractivity contribution < 1.29 is 18.0 Å². The van der Waals surface area contributed by atoms with E-state index in [2.05, 4.69) is 10.3 Å². The van der Waals surface area contributed by atoms with Gasteiger partial charge in [0.05, 0.1) is 11.0 Å². The van der Waals surface area contributed by atoms with Crippen LogP contribution in [0.1, 0.15) is 35.3 Å². The molecule has 0 aliphatic rings. The zero-order valence-electron chi connectivity index (χ0n) is 16.7. The predicted molar refractivity (Wildman–Crippen MR) is 110 cm³/mol. The maximum absolute atomic E-state index is 13.5. The second-order valence-electron chi connectivity index (χ2n) is 7.14. The number of alkyl halides is 3. The Morgan fingerprint density at radius 2 is 1.80 bits per heavy atom. The van der Waals surface area contributed by atoms with Gasteiger partial charge in [0.25, 0.3) is 5.56 Å². The van der Waals surface area contributed by atoms with Gasteiger partial charge in [0.1, 0.15) is 6.04 Å². The number of amides is 1. The summed E-state index contributed by atoms with van der Waals surface area (Å²) < 4.78 is 41.2. The van der Waals surface area contributed by atoms with Crippen LogP contribution in [-0.4, -0.2) is 15.5 Å². The van der Waals surface area contributed by atoms with Gasteiger partial charge in [-0.2, -0.15) is 13.2 Å². The van der Waals surface area contributed by atoms with Gasteiger partial charge in [-0.25, -0.2) is 4.98 Å². The van der Waals surface area contributed by atoms with Crippen molar-refractivity contribution in [3.05, 3.63) is 68.1 Å². The highest BCUT2D eigenvalue weighted by atomic mass is 35.5. The molecule has 0 fully saturated rings. The van der Waals surface area contributed by atoms with E-state index < -0.39 is 29.4 Å². The fourth-order valence-corrected chi connectivity index (χ4v) is 3.30. The van der Waals surface area contributed by atoms with E-state index >= 15 is 0 Å². The highest BCUT2D eigenvalue weighted by molar-refractivity contribution is 6.31. The summed E-state index contributed by atoms with van der Waals surface area (Å²) in [6.45, 7) is 6.56. The first kappa shape index (κ1) is 21.8. The van der Waals surface area contributed by atoms with E-state index in [0.717, 1.165) is 15.7 Å². The Hall–Kier alpha value is -2.87. The molecule has 9 heteroatoms. The van der Waals surface area contributed by atoms with Gasteiger partial charge in [-0.15, -0.1) is 0 Å². The molecule has 0 aliphatic heterocycles. The molecule has 30 heavy (non-hydrogen) atoms. The summed E-state index contributed by atoms with van der Waals surface area (Å²) in [5.41, 5.74) is -0.288. The molecule has 3 rings (SSSR count). The van der Waals surface area contributed by atoms with E-state index in [1.54, 1.807) is 45.0 Å². The molecule has 3 aromatic rings. The molecule has 1 aromatic heterocycles. The summed E-state index contributed by atoms with van der Waals surface area (Å²) in [4.78, 5) is 29.1. The molecule has 5 nitrogen and oxygen atoms in total. The average molecular weight is 438 g/mol. The predicted octanol–water partition coefficient (Wildman–Crippen LogP) is 5.19. The zero-order valence-corrected chi connectivity index (χ0v) is 17.4. The molecule has 1 heterocycles. The van der Waals surface area contributed by atoms with Crippen molar-refractivity contribution in [2.45, 2.75) is 39.9 Å². The lowest BCUT2D eigenvalue weighted by molar-refractivity contribution is -0.142. The van der Waals surface area contributed by atoms with Crippen molar-refractivity contribution in [3.63, 3.8) is 0 Å². The van der Waals surface area contributed by atoms with Crippen LogP contribution in [0.5, 0.6) is 0 Å². The maximum atomic E-state index is 13.5. The third kappa shape index (κ3) is 3.92. The van der Waals surface area contributed by atoms with Crippen LogP contribution in [0.2, 0.25) is 5.02 Å². The van der Waals surface area contributed by atoms with E-state index in [1.165, 1.54) is 13.0 Å². The normalized spacial score (nSPS) is 12.8. The topological polar surface area (TPSA) is 64.0 Å². The van der Waals surface area contributed by atoms with Crippen molar-refractivity contribution in [3.8, 4) is 0 Å². The molecule has 0 saturated heterocycles. The number of nitrogens with one attached hydrogen (secondary N) is 1. The van der Waals surface area contributed by atoms with Gasteiger partial charge in [-0.1, -0.05) is 17.7 Å². The SMILES string of the molecule is Cc1cc2nc(C(F)(F)F)c(=O)n([C@H](C)C(=O)Nc3cccc(Cl)c3C)c2cc1C. The Bertz CT molecular complexity index is 1220. The first-order chi connectivity index (χ1) is 13.9. The van der Waals surface area contributed by atoms with Crippen LogP contribution in [0.15, 0.2) is 35.1 Å². The van der Waals surface area contributed by atoms with E-state index in [9.17, 15) is 22.8 Å². The lowest BCUT2D eigenvalue weighted by Gasteiger charge is -2.20. The maximum Gasteiger partial charge on any atom is 0.438 e. The minimum Gasteiger partial charge on any atom is -0.324 e. The lowest BCUT2D eigenvalue weighted by Crippen LogP contribution is -2.36. The molecule has 0 radical (unpaired) electrons. The summed E-state index contributed by atoms with van der Waals surface area (Å²) >= 11 is 6.06. The Balaban J connectivity index is 2.18. The molecule has 1 amide bonds. The number of aryl methyl sites for hydroxylation is 2. The second kappa shape index (κ2) is 7.75. The van der Waals surface area contributed by atoms with Crippen molar-refractivity contribution in [2.24, 2.45) is 0 Å². The van der Waals surface area contributed by atoms with Crippen molar-refractivity contribution in [2.75, 3.05) is 5.32 Å². The smallest absolute Gasteiger partial charge is 0.324 e. The molecule has 0 bridgehead atoms. The number of anilines is 1. The van der Waals surface area contributed by atoms with Crippen LogP contribution in [0, 0.1) is 20.8 Å². The number of benzene rings is 2. The van der Waals surface area contributed by atoms with Crippen LogP contribution in [0.4, 0.5) is 18.9 Å². The number of carbonyl (C=O) groups is 1. The van der Waals surface area contributed by atoms with Crippen molar-refractivity contribution in [1.29, 1.82) is 0 Å². The molecule has 1 N–H and O–H groups in total. The van der Waals surface area contributed by atoms with Crippen LogP contribution in [0.25, 0.3) is 11.0 Å². The summed E-state index contributed by atoms with van der Waals surface area (Å²) in [6, 6.07) is 6.71. The van der Waals surface area contributed by atoms with Gasteiger partial charge in [-0.05, 0) is 68.7 Å². The van der Waals surface area contributed by atoms with E-state index in [4.69, 9.17) is 11.6 Å². The monoisotopic (exact) mass is 437 g/mol. The van der Waals surface area contributed by atoms with Gasteiger partial charge in [-0.3, -0.25) is 14.2 Å². The van der Waals surface area contributed by atoms with Gasteiger partial charge in [0.2, 0.25) is 11.6 Å². The minimum atomic E-state index is -4.95. The lowest BCUT2D eigenvalue weighted by atomic mass is 10.1. The third-order valence-corrected chi connectivity index (χ3v) is 5.47. The van der Waals surface area contributed by atoms with Gasteiger partial charge in [0.15, 0.2) is 0 Å². The van der Waals surface area contributed by atoms with Crippen molar-refractivity contribution in [1.82, 2.24) is 9.55 Å². The summed E-state index contributed by atoms with van der Waals surface area (Å²) in [6.07, 6.45) is -4.95. The Morgan fingerprint density at radius 3 is 2.43 bits per heavy atom. The van der Waals surface area contributed by atoms with Gasteiger partial charge in [0, 0.05) is 10.7 Å². The molecule has 0 spiro atoms. The number of nitrogens with zero attached hydrogens (tertiary/aromatic N) is 2. The molecule has 0 saturated carbocycles. The zero-order chi connectivity index (χ0) is 22.4. The molecule has 0 aliphatic carbocycles. The molecule has 1 atom stereocenters. The van der Waals surface area contributed by atoms with Crippen molar-refractivity contribution >= 4 is 34.2 Å². The summed E-state index contributed by atoms with van der Waals surface area (Å²) in [5, 5.41) is 3.07. The molecular weight excluding hydrogens is 419 g/mol. The number of fused-ring (bicyclic) bond motifs is 1. The quantitative estimate of drug-likeness (QED) is 0.613. The van der Waals surface area contributed by atoms with Crippen LogP contribution in [-0.2, 0) is 11.0 Å². The first-order valence-electron chi connectivity index (χ1n) is 9.08. The second-order valence-corrected chi connectivity index (χ2v) is 7.54. The third-order valence-electron chi connectivity index (χ3n) is 5.06. The summed E-state index contributed by atoms with van der Waals surface area (Å²) in [7, 11) is 0. The van der Waals surface area contributed by atoms with Crippen LogP contribution in [0.3, 0.4) is 0 Å². The highest BCUT2D eigenvalue weighted by Gasteiger charge is 2.38. The molecular formula is C21H19ClF3N3O2. The van der Waals surface area contributed by atoms with E-state index in [0.29, 0.717) is 16.3 Å². The Labute approximate surface area is 175 Å². The average Bonchev–Trinajstić information content (AvgIpc) is 2.65. The van der Waals surface area contributed by atoms with E-state index in [1.807, 2.05) is 0 Å². The Morgan fingerprint density at radius 1 is 1.17 bits per heavy atom. The summed E-state index contributed by atoms with van der Waals surface area (Å²) in [5.74, 6) is -0.652. The fraction of sp³-hybridized carbons (Fsp3) is 0.286. The number of halogens is 4. The standard InChI is InChI=1S/C21H19ClF3N3O2/c1-10-8-16-17(9-11(10)2)28(20(30)18(26-16)21(23,24)25)13(4)19(29)27-15-7-5-6-14(22)12(15)3/h5-9,13H,1-4H3,(H,27,29)/t13-/m1/s1. The fourth-order valence-electron chi connectivity index (χ4n) is 3.13. The number of hydrogen-bond acceptors (Lipinski definition) is 3. The number of rotatable bonds is 3. The highest BCUT2D eigenvalue weighted by Crippen LogP contribution is 2.29. The Kier molecular flexibility index (Phi) is 5.64. The van der Waals surface area contributed by atoms with Gasteiger partial charge >= 0.3 is 6.18 Å². The number of hydrogen-bond donors (Lipinski definition) is 1. The molecule has 0 unspecified atom stereocenters. The molecule has 2 aromatic carbocycles. The van der Waals surface area contributed by atoms with Crippen LogP contribution >= 0.6 is 11.6 Å². The number of carbonyl (C=O) groups excluding carboxylic acids is 1. The van der Waals surface area contributed by atoms with Crippen LogP contribution < -0.4 is 10.9 Å². The minimum absolute atomic E-state index is 0.0105. The van der Waals surface area contributed by atoms with Gasteiger partial charge < -0.3 is 5.32 Å². The number of aromatic nitrogens is 2. The first-order valence-corrected chi connectivity index (χ1v) is 9.46.